The van der Waals surface area contributed by atoms with E-state index < -0.39 is 0 Å². The molecule has 0 bridgehead atoms. The summed E-state index contributed by atoms with van der Waals surface area (Å²) in [6.45, 7) is 8.64. The summed E-state index contributed by atoms with van der Waals surface area (Å²) in [6, 6.07) is 7.14. The van der Waals surface area contributed by atoms with Crippen LogP contribution in [0.1, 0.15) is 0 Å². The van der Waals surface area contributed by atoms with E-state index >= 15 is 0 Å². The normalized spacial score (nSPS) is 11.2. The summed E-state index contributed by atoms with van der Waals surface area (Å²) in [6.07, 6.45) is 3.35. The first-order chi connectivity index (χ1) is 11.5. The number of anilines is 1. The molecule has 0 saturated heterocycles. The molecule has 0 radical (unpaired) electrons. The van der Waals surface area contributed by atoms with E-state index in [0.717, 1.165) is 4.90 Å². The quantitative estimate of drug-likeness (QED) is 0.608. The van der Waals surface area contributed by atoms with Crippen molar-refractivity contribution in [3.8, 4) is 5.75 Å². The van der Waals surface area contributed by atoms with Crippen LogP contribution in [0.15, 0.2) is 49.6 Å². The van der Waals surface area contributed by atoms with Gasteiger partial charge in [0.2, 0.25) is 0 Å². The molecule has 2 N–H and O–H groups in total. The number of benzene rings is 1. The molecule has 1 atom stereocenters. The number of rotatable bonds is 10. The minimum atomic E-state index is -0.160. The Labute approximate surface area is 143 Å². The molecule has 0 spiro atoms. The molecule has 1 aromatic carbocycles. The van der Waals surface area contributed by atoms with E-state index in [1.807, 2.05) is 7.05 Å². The molecule has 130 valence electrons. The highest BCUT2D eigenvalue weighted by atomic mass is 16.5. The van der Waals surface area contributed by atoms with E-state index in [1.54, 1.807) is 48.4 Å². The predicted molar refractivity (Wildman–Crippen MR) is 95.2 cm³/mol. The maximum absolute atomic E-state index is 12.2. The maximum Gasteiger partial charge on any atom is 0.279 e. The second kappa shape index (κ2) is 10.2. The third kappa shape index (κ3) is 6.66. The summed E-state index contributed by atoms with van der Waals surface area (Å²) >= 11 is 0. The van der Waals surface area contributed by atoms with Gasteiger partial charge < -0.3 is 19.9 Å². The number of hydrogen-bond acceptors (Lipinski definition) is 3. The SMILES string of the molecule is C=CCN(CC=C)C(=O)C[NH+](C)CC(=O)Nc1cccc(OC)c1. The van der Waals surface area contributed by atoms with E-state index in [2.05, 4.69) is 18.5 Å². The van der Waals surface area contributed by atoms with Gasteiger partial charge in [0.15, 0.2) is 13.1 Å². The lowest BCUT2D eigenvalue weighted by Crippen LogP contribution is -3.11. The predicted octanol–water partition coefficient (Wildman–Crippen LogP) is 0.349. The number of quaternary nitrogens is 1. The molecule has 6 heteroatoms. The number of amides is 2. The van der Waals surface area contributed by atoms with Crippen molar-refractivity contribution in [3.05, 3.63) is 49.6 Å². The number of nitrogens with one attached hydrogen (secondary N) is 2. The van der Waals surface area contributed by atoms with Gasteiger partial charge >= 0.3 is 0 Å². The number of methoxy groups -OCH3 is 1. The molecule has 6 nitrogen and oxygen atoms in total. The Hall–Kier alpha value is -2.60. The van der Waals surface area contributed by atoms with Crippen LogP contribution in [0.2, 0.25) is 0 Å². The molecule has 0 heterocycles. The molecule has 0 saturated carbocycles. The molecule has 1 rings (SSSR count). The fourth-order valence-electron chi connectivity index (χ4n) is 2.20. The van der Waals surface area contributed by atoms with Crippen molar-refractivity contribution in [1.29, 1.82) is 0 Å². The second-order valence-electron chi connectivity index (χ2n) is 5.47. The molecule has 0 aliphatic rings. The number of nitrogens with zero attached hydrogens (tertiary/aromatic N) is 1. The summed E-state index contributed by atoms with van der Waals surface area (Å²) < 4.78 is 5.12. The molecule has 0 aliphatic heterocycles. The molecule has 24 heavy (non-hydrogen) atoms. The molecule has 1 unspecified atom stereocenters. The van der Waals surface area contributed by atoms with Crippen molar-refractivity contribution < 1.29 is 19.2 Å². The molecule has 2 amide bonds. The topological polar surface area (TPSA) is 63.1 Å². The molecule has 0 fully saturated rings. The third-order valence-corrected chi connectivity index (χ3v) is 3.32. The summed E-state index contributed by atoms with van der Waals surface area (Å²) in [4.78, 5) is 26.8. The Balaban J connectivity index is 2.52. The number of hydrogen-bond donors (Lipinski definition) is 2. The van der Waals surface area contributed by atoms with Crippen LogP contribution in [-0.2, 0) is 9.59 Å². The number of carbonyl (C=O) groups is 2. The molecule has 0 aliphatic carbocycles. The van der Waals surface area contributed by atoms with Gasteiger partial charge in [0.05, 0.1) is 14.2 Å². The average Bonchev–Trinajstić information content (AvgIpc) is 2.54. The van der Waals surface area contributed by atoms with Crippen LogP contribution >= 0.6 is 0 Å². The van der Waals surface area contributed by atoms with E-state index in [4.69, 9.17) is 4.74 Å². The lowest BCUT2D eigenvalue weighted by Gasteiger charge is -2.21. The van der Waals surface area contributed by atoms with Crippen molar-refractivity contribution >= 4 is 17.5 Å². The Morgan fingerprint density at radius 2 is 1.92 bits per heavy atom. The Kier molecular flexibility index (Phi) is 8.29. The highest BCUT2D eigenvalue weighted by molar-refractivity contribution is 5.91. The van der Waals surface area contributed by atoms with Gasteiger partial charge in [-0.2, -0.15) is 0 Å². The van der Waals surface area contributed by atoms with Gasteiger partial charge in [-0.1, -0.05) is 18.2 Å². The van der Waals surface area contributed by atoms with Gasteiger partial charge in [-0.05, 0) is 12.1 Å². The lowest BCUT2D eigenvalue weighted by atomic mass is 10.3. The van der Waals surface area contributed by atoms with Crippen molar-refractivity contribution in [2.24, 2.45) is 0 Å². The molecule has 0 aromatic heterocycles. The van der Waals surface area contributed by atoms with Gasteiger partial charge in [-0.3, -0.25) is 9.59 Å². The Bertz CT molecular complexity index is 577. The van der Waals surface area contributed by atoms with Gasteiger partial charge in [0, 0.05) is 24.8 Å². The highest BCUT2D eigenvalue weighted by Gasteiger charge is 2.18. The number of likely N-dealkylation sites (N-methyl/N-ethyl adjacent to an activating group) is 1. The molecular formula is C18H26N3O3+. The van der Waals surface area contributed by atoms with Crippen LogP contribution in [0.3, 0.4) is 0 Å². The van der Waals surface area contributed by atoms with E-state index in [-0.39, 0.29) is 24.9 Å². The van der Waals surface area contributed by atoms with Crippen molar-refractivity contribution in [1.82, 2.24) is 4.90 Å². The second-order valence-corrected chi connectivity index (χ2v) is 5.47. The monoisotopic (exact) mass is 332 g/mol. The standard InChI is InChI=1S/C18H25N3O3/c1-5-10-21(11-6-2)18(23)14-20(3)13-17(22)19-15-8-7-9-16(12-15)24-4/h5-9,12H,1-2,10-11,13-14H2,3-4H3,(H,19,22)/p+1. The van der Waals surface area contributed by atoms with Crippen LogP contribution in [-0.4, -0.2) is 57.1 Å². The van der Waals surface area contributed by atoms with Crippen molar-refractivity contribution in [2.75, 3.05) is 45.7 Å². The third-order valence-electron chi connectivity index (χ3n) is 3.32. The minimum absolute atomic E-state index is 0.0403. The minimum Gasteiger partial charge on any atom is -0.497 e. The highest BCUT2D eigenvalue weighted by Crippen LogP contribution is 2.16. The van der Waals surface area contributed by atoms with E-state index in [0.29, 0.717) is 24.5 Å². The summed E-state index contributed by atoms with van der Waals surface area (Å²) in [5, 5.41) is 2.80. The molecular weight excluding hydrogens is 306 g/mol. The summed E-state index contributed by atoms with van der Waals surface area (Å²) in [7, 11) is 3.38. The van der Waals surface area contributed by atoms with Crippen LogP contribution in [0.4, 0.5) is 5.69 Å². The van der Waals surface area contributed by atoms with Crippen LogP contribution in [0.5, 0.6) is 5.75 Å². The summed E-state index contributed by atoms with van der Waals surface area (Å²) in [5.74, 6) is 0.474. The Morgan fingerprint density at radius 3 is 2.50 bits per heavy atom. The van der Waals surface area contributed by atoms with Gasteiger partial charge in [-0.25, -0.2) is 0 Å². The maximum atomic E-state index is 12.2. The zero-order valence-electron chi connectivity index (χ0n) is 14.4. The Morgan fingerprint density at radius 1 is 1.25 bits per heavy atom. The van der Waals surface area contributed by atoms with E-state index in [1.165, 1.54) is 0 Å². The zero-order chi connectivity index (χ0) is 17.9. The zero-order valence-corrected chi connectivity index (χ0v) is 14.4. The first-order valence-corrected chi connectivity index (χ1v) is 7.75. The number of carbonyl (C=O) groups excluding carboxylic acids is 2. The fraction of sp³-hybridized carbons (Fsp3) is 0.333. The van der Waals surface area contributed by atoms with Gasteiger partial charge in [0.1, 0.15) is 5.75 Å². The van der Waals surface area contributed by atoms with Crippen LogP contribution in [0.25, 0.3) is 0 Å². The van der Waals surface area contributed by atoms with Crippen LogP contribution < -0.4 is 15.0 Å². The van der Waals surface area contributed by atoms with Crippen LogP contribution in [0, 0.1) is 0 Å². The first kappa shape index (κ1) is 19.4. The van der Waals surface area contributed by atoms with Crippen molar-refractivity contribution in [2.45, 2.75) is 0 Å². The molecule has 1 aromatic rings. The fourth-order valence-corrected chi connectivity index (χ4v) is 2.20. The summed E-state index contributed by atoms with van der Waals surface area (Å²) in [5.41, 5.74) is 0.665. The van der Waals surface area contributed by atoms with Gasteiger partial charge in [-0.15, -0.1) is 13.2 Å². The van der Waals surface area contributed by atoms with E-state index in [9.17, 15) is 9.59 Å². The smallest absolute Gasteiger partial charge is 0.279 e. The largest absolute Gasteiger partial charge is 0.497 e. The first-order valence-electron chi connectivity index (χ1n) is 7.75. The average molecular weight is 332 g/mol. The van der Waals surface area contributed by atoms with Crippen molar-refractivity contribution in [3.63, 3.8) is 0 Å². The van der Waals surface area contributed by atoms with Gasteiger partial charge in [0.25, 0.3) is 11.8 Å². The number of ether oxygens (including phenoxy) is 1. The lowest BCUT2D eigenvalue weighted by molar-refractivity contribution is -0.862.